The molecule has 1 aliphatic heterocycles. The van der Waals surface area contributed by atoms with Gasteiger partial charge in [-0.05, 0) is 30.5 Å². The largest absolute Gasteiger partial charge is 0.370 e. The molecule has 0 spiro atoms. The Morgan fingerprint density at radius 1 is 1.25 bits per heavy atom. The van der Waals surface area contributed by atoms with Gasteiger partial charge in [0, 0.05) is 10.2 Å². The number of guanidine groups is 1. The standard InChI is InChI=1S/C16H22BrN3/c17-13-7-4-8-14(10-13)20-15(11-19-16(20)18)9-12-5-2-1-3-6-12/h4,7-8,10,12,15H,1-3,5-6,9,11H2,(H2,18,19). The van der Waals surface area contributed by atoms with Gasteiger partial charge in [0.1, 0.15) is 0 Å². The molecule has 1 fully saturated rings. The third-order valence-corrected chi connectivity index (χ3v) is 4.99. The highest BCUT2D eigenvalue weighted by Gasteiger charge is 2.30. The summed E-state index contributed by atoms with van der Waals surface area (Å²) < 4.78 is 1.09. The first-order valence-corrected chi connectivity index (χ1v) is 8.38. The maximum Gasteiger partial charge on any atom is 0.196 e. The smallest absolute Gasteiger partial charge is 0.196 e. The van der Waals surface area contributed by atoms with E-state index < -0.39 is 0 Å². The van der Waals surface area contributed by atoms with Gasteiger partial charge in [0.25, 0.3) is 0 Å². The molecule has 108 valence electrons. The molecule has 0 saturated heterocycles. The zero-order valence-electron chi connectivity index (χ0n) is 11.8. The van der Waals surface area contributed by atoms with Crippen LogP contribution >= 0.6 is 15.9 Å². The molecule has 3 nitrogen and oxygen atoms in total. The van der Waals surface area contributed by atoms with Crippen molar-refractivity contribution in [2.75, 3.05) is 11.4 Å². The number of hydrogen-bond donors (Lipinski definition) is 1. The summed E-state index contributed by atoms with van der Waals surface area (Å²) >= 11 is 3.54. The van der Waals surface area contributed by atoms with Crippen molar-refractivity contribution in [3.8, 4) is 0 Å². The summed E-state index contributed by atoms with van der Waals surface area (Å²) in [6.07, 6.45) is 8.17. The van der Waals surface area contributed by atoms with Gasteiger partial charge in [0.05, 0.1) is 12.6 Å². The number of benzene rings is 1. The molecule has 1 aromatic rings. The second kappa shape index (κ2) is 6.17. The van der Waals surface area contributed by atoms with Gasteiger partial charge >= 0.3 is 0 Å². The van der Waals surface area contributed by atoms with Gasteiger partial charge in [0.2, 0.25) is 0 Å². The zero-order valence-corrected chi connectivity index (χ0v) is 13.3. The Morgan fingerprint density at radius 3 is 2.80 bits per heavy atom. The van der Waals surface area contributed by atoms with Crippen LogP contribution in [0.3, 0.4) is 0 Å². The SMILES string of the molecule is NC1=NCC(CC2CCCCC2)N1c1cccc(Br)c1. The van der Waals surface area contributed by atoms with E-state index in [1.165, 1.54) is 38.5 Å². The third kappa shape index (κ3) is 3.00. The molecule has 4 heteroatoms. The van der Waals surface area contributed by atoms with Crippen LogP contribution in [0.1, 0.15) is 38.5 Å². The quantitative estimate of drug-likeness (QED) is 0.909. The second-order valence-electron chi connectivity index (χ2n) is 5.94. The number of anilines is 1. The van der Waals surface area contributed by atoms with Crippen LogP contribution in [0, 0.1) is 5.92 Å². The summed E-state index contributed by atoms with van der Waals surface area (Å²) in [4.78, 5) is 6.70. The van der Waals surface area contributed by atoms with Crippen molar-refractivity contribution in [1.82, 2.24) is 0 Å². The minimum atomic E-state index is 0.437. The van der Waals surface area contributed by atoms with Gasteiger partial charge in [-0.15, -0.1) is 0 Å². The summed E-state index contributed by atoms with van der Waals surface area (Å²) in [6, 6.07) is 8.78. The Balaban J connectivity index is 1.74. The van der Waals surface area contributed by atoms with E-state index in [-0.39, 0.29) is 0 Å². The minimum Gasteiger partial charge on any atom is -0.370 e. The van der Waals surface area contributed by atoms with Gasteiger partial charge in [-0.3, -0.25) is 4.99 Å². The van der Waals surface area contributed by atoms with Crippen LogP contribution < -0.4 is 10.6 Å². The molecule has 3 rings (SSSR count). The topological polar surface area (TPSA) is 41.6 Å². The van der Waals surface area contributed by atoms with Gasteiger partial charge in [-0.25, -0.2) is 0 Å². The molecule has 2 N–H and O–H groups in total. The van der Waals surface area contributed by atoms with Gasteiger partial charge < -0.3 is 10.6 Å². The lowest BCUT2D eigenvalue weighted by atomic mass is 9.84. The molecule has 1 unspecified atom stereocenters. The van der Waals surface area contributed by atoms with Crippen LogP contribution in [0.15, 0.2) is 33.7 Å². The lowest BCUT2D eigenvalue weighted by Crippen LogP contribution is -2.42. The van der Waals surface area contributed by atoms with Gasteiger partial charge in [0.15, 0.2) is 5.96 Å². The van der Waals surface area contributed by atoms with Crippen molar-refractivity contribution in [3.63, 3.8) is 0 Å². The Kier molecular flexibility index (Phi) is 4.29. The molecule has 1 atom stereocenters. The molecule has 0 bridgehead atoms. The molecular weight excluding hydrogens is 314 g/mol. The summed E-state index contributed by atoms with van der Waals surface area (Å²) in [5, 5.41) is 0. The predicted octanol–water partition coefficient (Wildman–Crippen LogP) is 3.92. The Bertz CT molecular complexity index is 494. The maximum atomic E-state index is 6.12. The first kappa shape index (κ1) is 13.9. The highest BCUT2D eigenvalue weighted by molar-refractivity contribution is 9.10. The van der Waals surface area contributed by atoms with E-state index in [1.807, 2.05) is 6.07 Å². The van der Waals surface area contributed by atoms with Crippen molar-refractivity contribution >= 4 is 27.6 Å². The number of halogens is 1. The molecule has 1 heterocycles. The molecule has 1 saturated carbocycles. The van der Waals surface area contributed by atoms with Crippen LogP contribution in [0.25, 0.3) is 0 Å². The van der Waals surface area contributed by atoms with Gasteiger partial charge in [-0.2, -0.15) is 0 Å². The number of nitrogens with two attached hydrogens (primary N) is 1. The van der Waals surface area contributed by atoms with E-state index in [2.05, 4.69) is 44.0 Å². The van der Waals surface area contributed by atoms with E-state index in [1.54, 1.807) is 0 Å². The van der Waals surface area contributed by atoms with Crippen molar-refractivity contribution in [1.29, 1.82) is 0 Å². The van der Waals surface area contributed by atoms with Crippen LogP contribution in [0.5, 0.6) is 0 Å². The second-order valence-corrected chi connectivity index (χ2v) is 6.86. The van der Waals surface area contributed by atoms with Crippen LogP contribution in [0.4, 0.5) is 5.69 Å². The number of rotatable bonds is 3. The van der Waals surface area contributed by atoms with E-state index in [0.29, 0.717) is 12.0 Å². The molecule has 1 aliphatic carbocycles. The number of aliphatic imine (C=N–C) groups is 1. The molecule has 0 aromatic heterocycles. The molecule has 0 amide bonds. The predicted molar refractivity (Wildman–Crippen MR) is 88.1 cm³/mol. The number of nitrogens with zero attached hydrogens (tertiary/aromatic N) is 2. The first-order valence-electron chi connectivity index (χ1n) is 7.59. The first-order chi connectivity index (χ1) is 9.74. The molecular formula is C16H22BrN3. The fourth-order valence-corrected chi connectivity index (χ4v) is 3.89. The molecule has 1 aromatic carbocycles. The van der Waals surface area contributed by atoms with E-state index in [4.69, 9.17) is 5.73 Å². The van der Waals surface area contributed by atoms with Crippen molar-refractivity contribution in [2.45, 2.75) is 44.6 Å². The molecule has 0 radical (unpaired) electrons. The number of hydrogen-bond acceptors (Lipinski definition) is 3. The lowest BCUT2D eigenvalue weighted by Gasteiger charge is -2.31. The van der Waals surface area contributed by atoms with Gasteiger partial charge in [-0.1, -0.05) is 54.1 Å². The average molecular weight is 336 g/mol. The Morgan fingerprint density at radius 2 is 2.05 bits per heavy atom. The zero-order chi connectivity index (χ0) is 13.9. The van der Waals surface area contributed by atoms with Crippen LogP contribution in [-0.2, 0) is 0 Å². The summed E-state index contributed by atoms with van der Waals surface area (Å²) in [5.74, 6) is 1.52. The van der Waals surface area contributed by atoms with Crippen molar-refractivity contribution in [2.24, 2.45) is 16.6 Å². The average Bonchev–Trinajstić information content (AvgIpc) is 2.81. The fourth-order valence-electron chi connectivity index (χ4n) is 3.50. The summed E-state index contributed by atoms with van der Waals surface area (Å²) in [6.45, 7) is 0.842. The Hall–Kier alpha value is -1.03. The minimum absolute atomic E-state index is 0.437. The summed E-state index contributed by atoms with van der Waals surface area (Å²) in [5.41, 5.74) is 7.27. The maximum absolute atomic E-state index is 6.12. The monoisotopic (exact) mass is 335 g/mol. The van der Waals surface area contributed by atoms with Crippen molar-refractivity contribution in [3.05, 3.63) is 28.7 Å². The Labute approximate surface area is 129 Å². The van der Waals surface area contributed by atoms with Crippen molar-refractivity contribution < 1.29 is 0 Å². The third-order valence-electron chi connectivity index (χ3n) is 4.49. The lowest BCUT2D eigenvalue weighted by molar-refractivity contribution is 0.322. The van der Waals surface area contributed by atoms with Crippen LogP contribution in [0.2, 0.25) is 0 Å². The molecule has 20 heavy (non-hydrogen) atoms. The van der Waals surface area contributed by atoms with E-state index in [9.17, 15) is 0 Å². The normalized spacial score (nSPS) is 23.9. The summed E-state index contributed by atoms with van der Waals surface area (Å²) in [7, 11) is 0. The highest BCUT2D eigenvalue weighted by atomic mass is 79.9. The van der Waals surface area contributed by atoms with E-state index in [0.717, 1.165) is 22.6 Å². The van der Waals surface area contributed by atoms with E-state index >= 15 is 0 Å². The fraction of sp³-hybridized carbons (Fsp3) is 0.562. The highest BCUT2D eigenvalue weighted by Crippen LogP contribution is 2.32. The molecule has 2 aliphatic rings. The van der Waals surface area contributed by atoms with Crippen LogP contribution in [-0.4, -0.2) is 18.5 Å².